The minimum atomic E-state index is -0.254. The van der Waals surface area contributed by atoms with Gasteiger partial charge in [-0.1, -0.05) is 47.5 Å². The van der Waals surface area contributed by atoms with Crippen molar-refractivity contribution in [2.24, 2.45) is 0 Å². The fourth-order valence-electron chi connectivity index (χ4n) is 3.54. The molecule has 0 atom stereocenters. The highest BCUT2D eigenvalue weighted by atomic mass is 35.5. The highest BCUT2D eigenvalue weighted by molar-refractivity contribution is 6.42. The number of carbonyl (C=O) groups excluding carboxylic acids is 1. The van der Waals surface area contributed by atoms with Crippen LogP contribution < -0.4 is 10.6 Å². The Labute approximate surface area is 179 Å². The van der Waals surface area contributed by atoms with E-state index in [1.54, 1.807) is 16.8 Å². The number of fused-ring (bicyclic) bond motifs is 1. The van der Waals surface area contributed by atoms with Gasteiger partial charge in [-0.25, -0.2) is 4.68 Å². The van der Waals surface area contributed by atoms with E-state index in [-0.39, 0.29) is 5.91 Å². The van der Waals surface area contributed by atoms with Gasteiger partial charge in [0.2, 0.25) is 0 Å². The molecule has 150 valence electrons. The smallest absolute Gasteiger partial charge is 0.278 e. The number of benzene rings is 2. The Morgan fingerprint density at radius 1 is 1.17 bits per heavy atom. The summed E-state index contributed by atoms with van der Waals surface area (Å²) < 4.78 is 1.73. The summed E-state index contributed by atoms with van der Waals surface area (Å²) in [5.74, 6) is -0.254. The Morgan fingerprint density at radius 2 is 2.03 bits per heavy atom. The van der Waals surface area contributed by atoms with Crippen LogP contribution in [-0.4, -0.2) is 27.4 Å². The molecule has 1 amide bonds. The number of nitrogens with zero attached hydrogens (tertiary/aromatic N) is 3. The molecule has 0 radical (unpaired) electrons. The van der Waals surface area contributed by atoms with Gasteiger partial charge in [-0.15, -0.1) is 5.10 Å². The van der Waals surface area contributed by atoms with Crippen molar-refractivity contribution >= 4 is 34.8 Å². The molecule has 0 saturated heterocycles. The summed E-state index contributed by atoms with van der Waals surface area (Å²) in [5, 5.41) is 15.6. The summed E-state index contributed by atoms with van der Waals surface area (Å²) in [6.45, 7) is 4.26. The summed E-state index contributed by atoms with van der Waals surface area (Å²) in [7, 11) is 0. The maximum Gasteiger partial charge on any atom is 0.278 e. The molecule has 0 aliphatic carbocycles. The number of halogens is 2. The molecule has 0 saturated carbocycles. The van der Waals surface area contributed by atoms with Crippen molar-refractivity contribution in [1.29, 1.82) is 0 Å². The Bertz CT molecular complexity index is 1060. The standard InChI is InChI=1S/C21H21Cl2N5O/c1-2-19-20(26-27-28(19)12-13-3-6-17(22)18(23)9-13)21(29)25-16-5-4-15-11-24-8-7-14(15)10-16/h3-6,9-10,24H,2,7-8,11-12H2,1H3,(H,25,29). The number of rotatable bonds is 5. The SMILES string of the molecule is CCc1c(C(=O)Nc2ccc3c(c2)CCNC3)nnn1Cc1ccc(Cl)c(Cl)c1. The maximum atomic E-state index is 12.8. The van der Waals surface area contributed by atoms with Gasteiger partial charge in [0.1, 0.15) is 0 Å². The largest absolute Gasteiger partial charge is 0.321 e. The van der Waals surface area contributed by atoms with Crippen LogP contribution in [0.1, 0.15) is 39.8 Å². The lowest BCUT2D eigenvalue weighted by Gasteiger charge is -2.18. The second-order valence-corrected chi connectivity index (χ2v) is 7.82. The molecule has 0 unspecified atom stereocenters. The molecule has 1 aromatic heterocycles. The lowest BCUT2D eigenvalue weighted by molar-refractivity contribution is 0.102. The van der Waals surface area contributed by atoms with Gasteiger partial charge >= 0.3 is 0 Å². The fraction of sp³-hybridized carbons (Fsp3) is 0.286. The van der Waals surface area contributed by atoms with Crippen LogP contribution >= 0.6 is 23.2 Å². The first-order valence-corrected chi connectivity index (χ1v) is 10.3. The minimum Gasteiger partial charge on any atom is -0.321 e. The van der Waals surface area contributed by atoms with Crippen LogP contribution in [0.5, 0.6) is 0 Å². The molecule has 4 rings (SSSR count). The zero-order valence-corrected chi connectivity index (χ0v) is 17.5. The summed E-state index contributed by atoms with van der Waals surface area (Å²) in [5.41, 5.74) is 5.37. The lowest BCUT2D eigenvalue weighted by Crippen LogP contribution is -2.24. The average Bonchev–Trinajstić information content (AvgIpc) is 3.13. The predicted molar refractivity (Wildman–Crippen MR) is 115 cm³/mol. The zero-order valence-electron chi connectivity index (χ0n) is 16.0. The molecule has 2 heterocycles. The van der Waals surface area contributed by atoms with Crippen molar-refractivity contribution < 1.29 is 4.79 Å². The quantitative estimate of drug-likeness (QED) is 0.640. The van der Waals surface area contributed by atoms with E-state index in [1.165, 1.54) is 11.1 Å². The summed E-state index contributed by atoms with van der Waals surface area (Å²) in [6.07, 6.45) is 1.59. The van der Waals surface area contributed by atoms with E-state index in [4.69, 9.17) is 23.2 Å². The van der Waals surface area contributed by atoms with Gasteiger partial charge in [0, 0.05) is 12.2 Å². The fourth-order valence-corrected chi connectivity index (χ4v) is 3.86. The number of anilines is 1. The Kier molecular flexibility index (Phi) is 5.85. The first-order valence-electron chi connectivity index (χ1n) is 9.55. The number of hydrogen-bond acceptors (Lipinski definition) is 4. The normalized spacial score (nSPS) is 13.2. The second-order valence-electron chi connectivity index (χ2n) is 7.01. The number of aromatic nitrogens is 3. The van der Waals surface area contributed by atoms with E-state index in [2.05, 4.69) is 27.0 Å². The zero-order chi connectivity index (χ0) is 20.4. The van der Waals surface area contributed by atoms with E-state index in [9.17, 15) is 4.79 Å². The predicted octanol–water partition coefficient (Wildman–Crippen LogP) is 4.09. The topological polar surface area (TPSA) is 71.8 Å². The van der Waals surface area contributed by atoms with E-state index in [1.807, 2.05) is 25.1 Å². The molecule has 0 bridgehead atoms. The van der Waals surface area contributed by atoms with Crippen LogP contribution in [0.25, 0.3) is 0 Å². The molecule has 1 aliphatic heterocycles. The third-order valence-corrected chi connectivity index (χ3v) is 5.79. The van der Waals surface area contributed by atoms with Crippen molar-refractivity contribution in [3.8, 4) is 0 Å². The third kappa shape index (κ3) is 4.29. The average molecular weight is 430 g/mol. The van der Waals surface area contributed by atoms with Crippen LogP contribution in [0, 0.1) is 0 Å². The van der Waals surface area contributed by atoms with Gasteiger partial charge < -0.3 is 10.6 Å². The van der Waals surface area contributed by atoms with E-state index in [0.29, 0.717) is 28.7 Å². The van der Waals surface area contributed by atoms with Crippen molar-refractivity contribution in [2.45, 2.75) is 32.9 Å². The molecular formula is C21H21Cl2N5O. The van der Waals surface area contributed by atoms with E-state index in [0.717, 1.165) is 36.5 Å². The minimum absolute atomic E-state index is 0.254. The van der Waals surface area contributed by atoms with Crippen LogP contribution in [0.3, 0.4) is 0 Å². The Hall–Kier alpha value is -2.41. The van der Waals surface area contributed by atoms with Crippen LogP contribution in [0.4, 0.5) is 5.69 Å². The summed E-state index contributed by atoms with van der Waals surface area (Å²) >= 11 is 12.1. The third-order valence-electron chi connectivity index (χ3n) is 5.05. The molecule has 2 aromatic carbocycles. The van der Waals surface area contributed by atoms with Crippen LogP contribution in [-0.2, 0) is 25.9 Å². The molecular weight excluding hydrogens is 409 g/mol. The van der Waals surface area contributed by atoms with Gasteiger partial charge in [0.05, 0.1) is 22.3 Å². The van der Waals surface area contributed by atoms with Crippen molar-refractivity contribution in [3.05, 3.63) is 74.5 Å². The van der Waals surface area contributed by atoms with Gasteiger partial charge in [-0.2, -0.15) is 0 Å². The van der Waals surface area contributed by atoms with Crippen LogP contribution in [0.2, 0.25) is 10.0 Å². The highest BCUT2D eigenvalue weighted by Crippen LogP contribution is 2.24. The molecule has 2 N–H and O–H groups in total. The highest BCUT2D eigenvalue weighted by Gasteiger charge is 2.19. The van der Waals surface area contributed by atoms with Crippen molar-refractivity contribution in [3.63, 3.8) is 0 Å². The molecule has 6 nitrogen and oxygen atoms in total. The van der Waals surface area contributed by atoms with Crippen molar-refractivity contribution in [2.75, 3.05) is 11.9 Å². The Balaban J connectivity index is 1.54. The summed E-state index contributed by atoms with van der Waals surface area (Å²) in [4.78, 5) is 12.8. The molecule has 0 fully saturated rings. The number of carbonyl (C=O) groups is 1. The van der Waals surface area contributed by atoms with Gasteiger partial charge in [-0.3, -0.25) is 4.79 Å². The molecule has 29 heavy (non-hydrogen) atoms. The van der Waals surface area contributed by atoms with Gasteiger partial charge in [0.25, 0.3) is 5.91 Å². The maximum absolute atomic E-state index is 12.8. The molecule has 0 spiro atoms. The lowest BCUT2D eigenvalue weighted by atomic mass is 10.0. The summed E-state index contributed by atoms with van der Waals surface area (Å²) in [6, 6.07) is 11.5. The monoisotopic (exact) mass is 429 g/mol. The number of amides is 1. The Morgan fingerprint density at radius 3 is 2.83 bits per heavy atom. The number of hydrogen-bond donors (Lipinski definition) is 2. The first-order chi connectivity index (χ1) is 14.0. The van der Waals surface area contributed by atoms with E-state index >= 15 is 0 Å². The molecule has 8 heteroatoms. The number of nitrogens with one attached hydrogen (secondary N) is 2. The first kappa shape index (κ1) is 19.9. The van der Waals surface area contributed by atoms with Gasteiger partial charge in [0.15, 0.2) is 5.69 Å². The van der Waals surface area contributed by atoms with Crippen molar-refractivity contribution in [1.82, 2.24) is 20.3 Å². The molecule has 1 aliphatic rings. The van der Waals surface area contributed by atoms with Crippen LogP contribution in [0.15, 0.2) is 36.4 Å². The van der Waals surface area contributed by atoms with E-state index < -0.39 is 0 Å². The molecule has 3 aromatic rings. The van der Waals surface area contributed by atoms with Gasteiger partial charge in [-0.05, 0) is 60.3 Å². The second kappa shape index (κ2) is 8.53.